The summed E-state index contributed by atoms with van der Waals surface area (Å²) >= 11 is 0. The summed E-state index contributed by atoms with van der Waals surface area (Å²) in [6, 6.07) is 13.2. The Hall–Kier alpha value is -2.58. The van der Waals surface area contributed by atoms with Crippen molar-refractivity contribution in [1.29, 1.82) is 0 Å². The molecule has 1 N–H and O–H groups in total. The average Bonchev–Trinajstić information content (AvgIpc) is 2.67. The number of hydrogen-bond donors (Lipinski definition) is 1. The maximum Gasteiger partial charge on any atom is 0.243 e. The maximum absolute atomic E-state index is 13.0. The summed E-state index contributed by atoms with van der Waals surface area (Å²) in [4.78, 5) is 12.8. The molecular weight excluding hydrogens is 380 g/mol. The molecule has 2 aromatic carbocycles. The van der Waals surface area contributed by atoms with Crippen LogP contribution in [0.2, 0.25) is 0 Å². The van der Waals surface area contributed by atoms with Gasteiger partial charge in [-0.2, -0.15) is 4.31 Å². The van der Waals surface area contributed by atoms with E-state index in [4.69, 9.17) is 9.47 Å². The fraction of sp³-hybridized carbons (Fsp3) is 0.350. The molecule has 1 amide bonds. The normalized spacial score (nSPS) is 20.1. The SMILES string of the molecule is C[C@H](NC(=O)[C@@H]1CCN1S(=O)(=O)c1ccc2c(c1)OCCO2)c1ccccc1. The molecule has 8 heteroatoms. The summed E-state index contributed by atoms with van der Waals surface area (Å²) in [6.45, 7) is 3.01. The van der Waals surface area contributed by atoms with E-state index in [1.807, 2.05) is 37.3 Å². The van der Waals surface area contributed by atoms with Crippen LogP contribution in [-0.2, 0) is 14.8 Å². The van der Waals surface area contributed by atoms with Crippen molar-refractivity contribution in [2.45, 2.75) is 30.3 Å². The highest BCUT2D eigenvalue weighted by molar-refractivity contribution is 7.89. The number of nitrogens with zero attached hydrogens (tertiary/aromatic N) is 1. The minimum atomic E-state index is -3.79. The topological polar surface area (TPSA) is 84.9 Å². The zero-order valence-electron chi connectivity index (χ0n) is 15.5. The van der Waals surface area contributed by atoms with E-state index in [9.17, 15) is 13.2 Å². The molecule has 2 aliphatic heterocycles. The fourth-order valence-electron chi connectivity index (χ4n) is 3.37. The fourth-order valence-corrected chi connectivity index (χ4v) is 5.02. The number of ether oxygens (including phenoxy) is 2. The number of hydrogen-bond acceptors (Lipinski definition) is 5. The van der Waals surface area contributed by atoms with Gasteiger partial charge in [0, 0.05) is 12.6 Å². The van der Waals surface area contributed by atoms with Crippen LogP contribution in [0.5, 0.6) is 11.5 Å². The highest BCUT2D eigenvalue weighted by atomic mass is 32.2. The van der Waals surface area contributed by atoms with Gasteiger partial charge in [0.25, 0.3) is 0 Å². The molecule has 2 aliphatic rings. The van der Waals surface area contributed by atoms with Crippen LogP contribution in [0.4, 0.5) is 0 Å². The molecule has 0 aliphatic carbocycles. The summed E-state index contributed by atoms with van der Waals surface area (Å²) in [5.74, 6) is 0.648. The van der Waals surface area contributed by atoms with E-state index >= 15 is 0 Å². The molecule has 0 unspecified atom stereocenters. The van der Waals surface area contributed by atoms with Crippen LogP contribution >= 0.6 is 0 Å². The smallest absolute Gasteiger partial charge is 0.243 e. The minimum Gasteiger partial charge on any atom is -0.486 e. The molecule has 2 heterocycles. The molecule has 1 saturated heterocycles. The number of carbonyl (C=O) groups is 1. The molecule has 28 heavy (non-hydrogen) atoms. The molecular formula is C20H22N2O5S. The van der Waals surface area contributed by atoms with Crippen molar-refractivity contribution < 1.29 is 22.7 Å². The first-order valence-electron chi connectivity index (χ1n) is 9.23. The van der Waals surface area contributed by atoms with Gasteiger partial charge in [0.2, 0.25) is 15.9 Å². The molecule has 2 aromatic rings. The minimum absolute atomic E-state index is 0.102. The van der Waals surface area contributed by atoms with E-state index in [1.165, 1.54) is 16.4 Å². The molecule has 0 bridgehead atoms. The Bertz CT molecular complexity index is 977. The van der Waals surface area contributed by atoms with Crippen LogP contribution in [0.15, 0.2) is 53.4 Å². The van der Waals surface area contributed by atoms with Crippen LogP contribution < -0.4 is 14.8 Å². The summed E-state index contributed by atoms with van der Waals surface area (Å²) in [6.07, 6.45) is 0.497. The second-order valence-electron chi connectivity index (χ2n) is 6.87. The van der Waals surface area contributed by atoms with Gasteiger partial charge in [-0.05, 0) is 31.0 Å². The van der Waals surface area contributed by atoms with Crippen molar-refractivity contribution in [3.63, 3.8) is 0 Å². The third-order valence-corrected chi connectivity index (χ3v) is 6.96. The Morgan fingerprint density at radius 1 is 1.11 bits per heavy atom. The van der Waals surface area contributed by atoms with E-state index in [1.54, 1.807) is 6.07 Å². The van der Waals surface area contributed by atoms with Gasteiger partial charge < -0.3 is 14.8 Å². The Balaban J connectivity index is 1.49. The van der Waals surface area contributed by atoms with E-state index in [-0.39, 0.29) is 16.8 Å². The average molecular weight is 402 g/mol. The van der Waals surface area contributed by atoms with Gasteiger partial charge in [-0.15, -0.1) is 0 Å². The summed E-state index contributed by atoms with van der Waals surface area (Å²) in [5, 5.41) is 2.91. The molecule has 0 spiro atoms. The van der Waals surface area contributed by atoms with Gasteiger partial charge in [-0.1, -0.05) is 30.3 Å². The van der Waals surface area contributed by atoms with Crippen molar-refractivity contribution in [3.8, 4) is 11.5 Å². The van der Waals surface area contributed by atoms with Crippen molar-refractivity contribution >= 4 is 15.9 Å². The highest BCUT2D eigenvalue weighted by Gasteiger charge is 2.43. The van der Waals surface area contributed by atoms with E-state index in [2.05, 4.69) is 5.32 Å². The Labute approximate surface area is 164 Å². The molecule has 2 atom stereocenters. The highest BCUT2D eigenvalue weighted by Crippen LogP contribution is 2.35. The molecule has 148 valence electrons. The Morgan fingerprint density at radius 3 is 2.50 bits per heavy atom. The maximum atomic E-state index is 13.0. The first-order valence-corrected chi connectivity index (χ1v) is 10.7. The third kappa shape index (κ3) is 3.45. The van der Waals surface area contributed by atoms with Crippen molar-refractivity contribution in [2.24, 2.45) is 0 Å². The van der Waals surface area contributed by atoms with Gasteiger partial charge in [-0.3, -0.25) is 4.79 Å². The lowest BCUT2D eigenvalue weighted by molar-refractivity contribution is -0.128. The number of carbonyl (C=O) groups excluding carboxylic acids is 1. The number of rotatable bonds is 5. The van der Waals surface area contributed by atoms with E-state index < -0.39 is 16.1 Å². The predicted octanol–water partition coefficient (Wildman–Crippen LogP) is 2.10. The van der Waals surface area contributed by atoms with Gasteiger partial charge in [0.15, 0.2) is 11.5 Å². The van der Waals surface area contributed by atoms with Crippen LogP contribution in [0.25, 0.3) is 0 Å². The van der Waals surface area contributed by atoms with Gasteiger partial charge >= 0.3 is 0 Å². The zero-order chi connectivity index (χ0) is 19.7. The second-order valence-corrected chi connectivity index (χ2v) is 8.76. The zero-order valence-corrected chi connectivity index (χ0v) is 16.3. The summed E-state index contributed by atoms with van der Waals surface area (Å²) in [7, 11) is -3.79. The molecule has 7 nitrogen and oxygen atoms in total. The van der Waals surface area contributed by atoms with Crippen molar-refractivity contribution in [1.82, 2.24) is 9.62 Å². The Morgan fingerprint density at radius 2 is 1.82 bits per heavy atom. The first kappa shape index (κ1) is 18.8. The number of amides is 1. The lowest BCUT2D eigenvalue weighted by Crippen LogP contribution is -2.58. The summed E-state index contributed by atoms with van der Waals surface area (Å²) in [5.41, 5.74) is 0.969. The molecule has 4 rings (SSSR count). The van der Waals surface area contributed by atoms with E-state index in [0.29, 0.717) is 37.7 Å². The quantitative estimate of drug-likeness (QED) is 0.828. The number of nitrogens with one attached hydrogen (secondary N) is 1. The lowest BCUT2D eigenvalue weighted by Gasteiger charge is -2.39. The summed E-state index contributed by atoms with van der Waals surface area (Å²) < 4.78 is 38.2. The van der Waals surface area contributed by atoms with Crippen LogP contribution in [0.3, 0.4) is 0 Å². The predicted molar refractivity (Wildman–Crippen MR) is 103 cm³/mol. The van der Waals surface area contributed by atoms with Gasteiger partial charge in [0.05, 0.1) is 10.9 Å². The Kier molecular flexibility index (Phi) is 4.99. The standard InChI is InChI=1S/C20H22N2O5S/c1-14(15-5-3-2-4-6-15)21-20(23)17-9-10-22(17)28(24,25)16-7-8-18-19(13-16)27-12-11-26-18/h2-8,13-14,17H,9-12H2,1H3,(H,21,23)/t14-,17-/m0/s1. The molecule has 0 aromatic heterocycles. The lowest BCUT2D eigenvalue weighted by atomic mass is 10.0. The first-order chi connectivity index (χ1) is 13.5. The number of sulfonamides is 1. The monoisotopic (exact) mass is 402 g/mol. The van der Waals surface area contributed by atoms with Crippen molar-refractivity contribution in [2.75, 3.05) is 19.8 Å². The van der Waals surface area contributed by atoms with Crippen molar-refractivity contribution in [3.05, 3.63) is 54.1 Å². The van der Waals surface area contributed by atoms with Crippen LogP contribution in [0.1, 0.15) is 24.9 Å². The van der Waals surface area contributed by atoms with E-state index in [0.717, 1.165) is 5.56 Å². The van der Waals surface area contributed by atoms with Crippen LogP contribution in [0, 0.1) is 0 Å². The molecule has 0 radical (unpaired) electrons. The largest absolute Gasteiger partial charge is 0.486 e. The number of fused-ring (bicyclic) bond motifs is 1. The van der Waals surface area contributed by atoms with Crippen LogP contribution in [-0.4, -0.2) is 44.4 Å². The second kappa shape index (κ2) is 7.44. The molecule has 0 saturated carbocycles. The third-order valence-electron chi connectivity index (χ3n) is 5.05. The molecule has 1 fully saturated rings. The van der Waals surface area contributed by atoms with Gasteiger partial charge in [-0.25, -0.2) is 8.42 Å². The number of benzene rings is 2. The van der Waals surface area contributed by atoms with Gasteiger partial charge in [0.1, 0.15) is 19.3 Å².